The van der Waals surface area contributed by atoms with Gasteiger partial charge in [0.05, 0.1) is 0 Å². The van der Waals surface area contributed by atoms with Gasteiger partial charge in [0.2, 0.25) is 0 Å². The van der Waals surface area contributed by atoms with Gasteiger partial charge < -0.3 is 0 Å². The third-order valence-electron chi connectivity index (χ3n) is 3.46. The van der Waals surface area contributed by atoms with Crippen molar-refractivity contribution in [2.45, 2.75) is 45.2 Å². The van der Waals surface area contributed by atoms with Crippen LogP contribution in [0, 0.1) is 5.92 Å². The lowest BCUT2D eigenvalue weighted by molar-refractivity contribution is 0.116. The largest absolute Gasteiger partial charge is 0.297 e. The summed E-state index contributed by atoms with van der Waals surface area (Å²) in [6.45, 7) is 8.37. The molecule has 1 fully saturated rings. The van der Waals surface area contributed by atoms with Crippen molar-refractivity contribution in [3.05, 3.63) is 12.7 Å². The summed E-state index contributed by atoms with van der Waals surface area (Å²) >= 11 is 0. The van der Waals surface area contributed by atoms with E-state index in [1.165, 1.54) is 19.3 Å². The standard InChI is InChI=1S/C11H21N/c1-5-9(2)12(4)10(3)11-7-6-8-11/h5,9-11H,1,6-8H2,2-4H3. The molecule has 0 amide bonds. The minimum absolute atomic E-state index is 0.514. The molecule has 1 aliphatic carbocycles. The predicted octanol–water partition coefficient (Wildman–Crippen LogP) is 2.68. The quantitative estimate of drug-likeness (QED) is 0.582. The van der Waals surface area contributed by atoms with E-state index in [0.29, 0.717) is 6.04 Å². The molecular formula is C11H21N. The SMILES string of the molecule is C=CC(C)N(C)C(C)C1CCC1. The summed E-state index contributed by atoms with van der Waals surface area (Å²) in [7, 11) is 2.20. The lowest BCUT2D eigenvalue weighted by Gasteiger charge is -2.39. The third kappa shape index (κ3) is 1.89. The summed E-state index contributed by atoms with van der Waals surface area (Å²) in [5.74, 6) is 0.942. The van der Waals surface area contributed by atoms with Gasteiger partial charge in [-0.15, -0.1) is 6.58 Å². The third-order valence-corrected chi connectivity index (χ3v) is 3.46. The van der Waals surface area contributed by atoms with Crippen LogP contribution < -0.4 is 0 Å². The molecular weight excluding hydrogens is 146 g/mol. The van der Waals surface area contributed by atoms with Gasteiger partial charge in [-0.1, -0.05) is 12.5 Å². The Balaban J connectivity index is 2.38. The molecule has 0 aromatic rings. The van der Waals surface area contributed by atoms with Crippen LogP contribution in [0.3, 0.4) is 0 Å². The van der Waals surface area contributed by atoms with E-state index in [9.17, 15) is 0 Å². The fourth-order valence-corrected chi connectivity index (χ4v) is 1.79. The molecule has 2 unspecified atom stereocenters. The summed E-state index contributed by atoms with van der Waals surface area (Å²) in [4.78, 5) is 2.43. The van der Waals surface area contributed by atoms with E-state index in [0.717, 1.165) is 12.0 Å². The summed E-state index contributed by atoms with van der Waals surface area (Å²) in [6.07, 6.45) is 6.31. The number of hydrogen-bond acceptors (Lipinski definition) is 1. The molecule has 0 radical (unpaired) electrons. The highest BCUT2D eigenvalue weighted by Gasteiger charge is 2.27. The van der Waals surface area contributed by atoms with Gasteiger partial charge in [0.15, 0.2) is 0 Å². The van der Waals surface area contributed by atoms with E-state index in [-0.39, 0.29) is 0 Å². The molecule has 0 N–H and O–H groups in total. The summed E-state index contributed by atoms with van der Waals surface area (Å²) < 4.78 is 0. The lowest BCUT2D eigenvalue weighted by atomic mass is 9.79. The zero-order valence-corrected chi connectivity index (χ0v) is 8.59. The first-order chi connectivity index (χ1) is 5.66. The van der Waals surface area contributed by atoms with E-state index in [1.54, 1.807) is 0 Å². The molecule has 0 aromatic heterocycles. The maximum absolute atomic E-state index is 3.83. The van der Waals surface area contributed by atoms with Crippen LogP contribution in [0.2, 0.25) is 0 Å². The molecule has 2 atom stereocenters. The van der Waals surface area contributed by atoms with Crippen molar-refractivity contribution in [3.8, 4) is 0 Å². The molecule has 0 heterocycles. The van der Waals surface area contributed by atoms with Crippen molar-refractivity contribution in [3.63, 3.8) is 0 Å². The van der Waals surface area contributed by atoms with Crippen LogP contribution in [0.25, 0.3) is 0 Å². The summed E-state index contributed by atoms with van der Waals surface area (Å²) in [6, 6.07) is 1.24. The van der Waals surface area contributed by atoms with Crippen LogP contribution in [0.1, 0.15) is 33.1 Å². The summed E-state index contributed by atoms with van der Waals surface area (Å²) in [5, 5.41) is 0. The number of rotatable bonds is 4. The van der Waals surface area contributed by atoms with Gasteiger partial charge in [0.1, 0.15) is 0 Å². The fraction of sp³-hybridized carbons (Fsp3) is 0.818. The number of nitrogens with zero attached hydrogens (tertiary/aromatic N) is 1. The predicted molar refractivity (Wildman–Crippen MR) is 54.2 cm³/mol. The van der Waals surface area contributed by atoms with Gasteiger partial charge in [-0.2, -0.15) is 0 Å². The molecule has 12 heavy (non-hydrogen) atoms. The Bertz CT molecular complexity index is 149. The molecule has 70 valence electrons. The highest BCUT2D eigenvalue weighted by Crippen LogP contribution is 2.32. The molecule has 0 aliphatic heterocycles. The highest BCUT2D eigenvalue weighted by atomic mass is 15.2. The molecule has 1 heteroatoms. The topological polar surface area (TPSA) is 3.24 Å². The molecule has 0 saturated heterocycles. The molecule has 0 spiro atoms. The van der Waals surface area contributed by atoms with Crippen LogP contribution in [0.4, 0.5) is 0 Å². The van der Waals surface area contributed by atoms with Crippen LogP contribution >= 0.6 is 0 Å². The van der Waals surface area contributed by atoms with E-state index < -0.39 is 0 Å². The lowest BCUT2D eigenvalue weighted by Crippen LogP contribution is -2.42. The van der Waals surface area contributed by atoms with E-state index in [1.807, 2.05) is 6.08 Å². The van der Waals surface area contributed by atoms with Crippen LogP contribution in [-0.2, 0) is 0 Å². The van der Waals surface area contributed by atoms with Crippen molar-refractivity contribution in [2.75, 3.05) is 7.05 Å². The van der Waals surface area contributed by atoms with Gasteiger partial charge in [-0.25, -0.2) is 0 Å². The zero-order valence-electron chi connectivity index (χ0n) is 8.59. The smallest absolute Gasteiger partial charge is 0.0247 e. The second-order valence-corrected chi connectivity index (χ2v) is 4.07. The summed E-state index contributed by atoms with van der Waals surface area (Å²) in [5.41, 5.74) is 0. The Labute approximate surface area is 76.5 Å². The second-order valence-electron chi connectivity index (χ2n) is 4.07. The van der Waals surface area contributed by atoms with Gasteiger partial charge in [-0.05, 0) is 39.7 Å². The van der Waals surface area contributed by atoms with Crippen molar-refractivity contribution in [1.82, 2.24) is 4.90 Å². The van der Waals surface area contributed by atoms with Crippen molar-refractivity contribution < 1.29 is 0 Å². The van der Waals surface area contributed by atoms with Crippen molar-refractivity contribution >= 4 is 0 Å². The van der Waals surface area contributed by atoms with Crippen LogP contribution in [0.5, 0.6) is 0 Å². The Hall–Kier alpha value is -0.300. The first-order valence-electron chi connectivity index (χ1n) is 5.01. The minimum Gasteiger partial charge on any atom is -0.297 e. The zero-order chi connectivity index (χ0) is 9.14. The van der Waals surface area contributed by atoms with E-state index >= 15 is 0 Å². The van der Waals surface area contributed by atoms with Crippen LogP contribution in [-0.4, -0.2) is 24.0 Å². The highest BCUT2D eigenvalue weighted by molar-refractivity contribution is 4.88. The second kappa shape index (κ2) is 4.08. The molecule has 1 nitrogen and oxygen atoms in total. The average Bonchev–Trinajstić information content (AvgIpc) is 1.98. The van der Waals surface area contributed by atoms with Gasteiger partial charge in [0.25, 0.3) is 0 Å². The van der Waals surface area contributed by atoms with Crippen molar-refractivity contribution in [1.29, 1.82) is 0 Å². The van der Waals surface area contributed by atoms with E-state index in [4.69, 9.17) is 0 Å². The minimum atomic E-state index is 0.514. The molecule has 0 aromatic carbocycles. The number of hydrogen-bond donors (Lipinski definition) is 0. The normalized spacial score (nSPS) is 23.3. The van der Waals surface area contributed by atoms with Crippen LogP contribution in [0.15, 0.2) is 12.7 Å². The Morgan fingerprint density at radius 3 is 2.33 bits per heavy atom. The Morgan fingerprint density at radius 2 is 2.00 bits per heavy atom. The fourth-order valence-electron chi connectivity index (χ4n) is 1.79. The average molecular weight is 167 g/mol. The van der Waals surface area contributed by atoms with Gasteiger partial charge in [-0.3, -0.25) is 4.90 Å². The Morgan fingerprint density at radius 1 is 1.42 bits per heavy atom. The first kappa shape index (κ1) is 9.79. The van der Waals surface area contributed by atoms with E-state index in [2.05, 4.69) is 32.4 Å². The van der Waals surface area contributed by atoms with Crippen molar-refractivity contribution in [2.24, 2.45) is 5.92 Å². The monoisotopic (exact) mass is 167 g/mol. The Kier molecular flexibility index (Phi) is 3.33. The maximum atomic E-state index is 3.83. The number of likely N-dealkylation sites (N-methyl/N-ethyl adjacent to an activating group) is 1. The first-order valence-corrected chi connectivity index (χ1v) is 5.01. The van der Waals surface area contributed by atoms with Gasteiger partial charge in [0, 0.05) is 12.1 Å². The molecule has 1 rings (SSSR count). The molecule has 0 bridgehead atoms. The maximum Gasteiger partial charge on any atom is 0.0247 e. The van der Waals surface area contributed by atoms with Gasteiger partial charge >= 0.3 is 0 Å². The molecule has 1 aliphatic rings. The molecule has 1 saturated carbocycles.